The molecule has 0 aromatic heterocycles. The van der Waals surface area contributed by atoms with Gasteiger partial charge in [0, 0.05) is 0 Å². The zero-order valence-corrected chi connectivity index (χ0v) is 15.0. The predicted octanol–water partition coefficient (Wildman–Crippen LogP) is 2.28. The molecule has 0 aliphatic carbocycles. The molecule has 7 heteroatoms. The Morgan fingerprint density at radius 3 is 2.04 bits per heavy atom. The van der Waals surface area contributed by atoms with Crippen molar-refractivity contribution in [3.8, 4) is 0 Å². The molecular weight excluding hydrogens is 302 g/mol. The normalized spacial score (nSPS) is 17.6. The number of carbonyl (C=O) groups excluding carboxylic acids is 1. The number of amides is 1. The van der Waals surface area contributed by atoms with Gasteiger partial charge in [-0.15, -0.1) is 0 Å². The molecule has 1 aliphatic heterocycles. The van der Waals surface area contributed by atoms with Crippen LogP contribution in [0, 0.1) is 0 Å². The topological polar surface area (TPSA) is 85.3 Å². The van der Waals surface area contributed by atoms with Crippen LogP contribution in [0.3, 0.4) is 0 Å². The van der Waals surface area contributed by atoms with E-state index in [4.69, 9.17) is 19.3 Å². The number of carboxylic acids is 1. The molecule has 0 radical (unpaired) electrons. The molecule has 1 saturated heterocycles. The molecule has 1 heterocycles. The second-order valence-corrected chi connectivity index (χ2v) is 7.90. The maximum absolute atomic E-state index is 12.0. The van der Waals surface area contributed by atoms with Crippen molar-refractivity contribution in [1.29, 1.82) is 0 Å². The maximum atomic E-state index is 12.0. The van der Waals surface area contributed by atoms with Crippen LogP contribution in [0.1, 0.15) is 48.0 Å². The van der Waals surface area contributed by atoms with Crippen LogP contribution in [0.15, 0.2) is 0 Å². The molecule has 0 aromatic rings. The van der Waals surface area contributed by atoms with Crippen LogP contribution >= 0.6 is 0 Å². The van der Waals surface area contributed by atoms with E-state index in [1.807, 2.05) is 20.8 Å². The molecule has 0 saturated carbocycles. The number of nitrogens with zero attached hydrogens (tertiary/aromatic N) is 1. The van der Waals surface area contributed by atoms with Crippen LogP contribution in [-0.2, 0) is 19.0 Å². The zero-order chi connectivity index (χ0) is 17.9. The van der Waals surface area contributed by atoms with E-state index in [1.54, 1.807) is 20.8 Å². The van der Waals surface area contributed by atoms with Crippen molar-refractivity contribution >= 4 is 12.1 Å². The summed E-state index contributed by atoms with van der Waals surface area (Å²) in [6.07, 6.45) is -0.602. The molecule has 0 unspecified atom stereocenters. The van der Waals surface area contributed by atoms with Gasteiger partial charge in [-0.3, -0.25) is 4.79 Å². The van der Waals surface area contributed by atoms with Gasteiger partial charge in [-0.2, -0.15) is 0 Å². The molecule has 1 fully saturated rings. The third kappa shape index (κ3) is 7.18. The lowest BCUT2D eigenvalue weighted by Gasteiger charge is -2.48. The molecule has 134 valence electrons. The van der Waals surface area contributed by atoms with Gasteiger partial charge < -0.3 is 24.2 Å². The summed E-state index contributed by atoms with van der Waals surface area (Å²) in [5, 5.41) is 9.07. The first kappa shape index (κ1) is 19.7. The lowest BCUT2D eigenvalue weighted by molar-refractivity contribution is -0.173. The molecule has 0 aromatic carbocycles. The summed E-state index contributed by atoms with van der Waals surface area (Å²) in [6, 6.07) is 0. The second-order valence-electron chi connectivity index (χ2n) is 7.90. The number of hydrogen-bond acceptors (Lipinski definition) is 5. The number of likely N-dealkylation sites (tertiary alicyclic amines) is 1. The molecule has 1 N–H and O–H groups in total. The summed E-state index contributed by atoms with van der Waals surface area (Å²) in [5.74, 6) is -0.953. The summed E-state index contributed by atoms with van der Waals surface area (Å²) < 4.78 is 16.6. The number of rotatable bonds is 6. The van der Waals surface area contributed by atoms with Crippen LogP contribution in [0.25, 0.3) is 0 Å². The van der Waals surface area contributed by atoms with Crippen LogP contribution in [0.5, 0.6) is 0 Å². The number of carbonyl (C=O) groups is 2. The van der Waals surface area contributed by atoms with Crippen molar-refractivity contribution in [1.82, 2.24) is 4.90 Å². The first-order valence-electron chi connectivity index (χ1n) is 7.80. The fourth-order valence-electron chi connectivity index (χ4n) is 2.24. The minimum Gasteiger partial charge on any atom is -0.481 e. The van der Waals surface area contributed by atoms with Crippen LogP contribution in [0.2, 0.25) is 0 Å². The van der Waals surface area contributed by atoms with E-state index in [0.29, 0.717) is 6.61 Å². The zero-order valence-electron chi connectivity index (χ0n) is 15.0. The van der Waals surface area contributed by atoms with E-state index < -0.39 is 23.3 Å². The lowest BCUT2D eigenvalue weighted by atomic mass is 9.90. The summed E-state index contributed by atoms with van der Waals surface area (Å²) in [7, 11) is 0. The molecular formula is C16H29NO6. The van der Waals surface area contributed by atoms with Crippen LogP contribution in [-0.4, -0.2) is 65.2 Å². The standard InChI is InChI=1S/C16H29NO6/c1-14(2,3)21-7-8-22-16(9-12(18)19)10-17(11-16)13(20)23-15(4,5)6/h7-11H2,1-6H3,(H,18,19). The quantitative estimate of drug-likeness (QED) is 0.752. The van der Waals surface area contributed by atoms with Crippen LogP contribution < -0.4 is 0 Å². The molecule has 0 bridgehead atoms. The van der Waals surface area contributed by atoms with Crippen molar-refractivity contribution in [3.05, 3.63) is 0 Å². The van der Waals surface area contributed by atoms with Gasteiger partial charge >= 0.3 is 12.1 Å². The third-order valence-corrected chi connectivity index (χ3v) is 3.11. The van der Waals surface area contributed by atoms with Gasteiger partial charge in [0.25, 0.3) is 0 Å². The largest absolute Gasteiger partial charge is 0.481 e. The highest BCUT2D eigenvalue weighted by atomic mass is 16.6. The Bertz CT molecular complexity index is 429. The predicted molar refractivity (Wildman–Crippen MR) is 84.4 cm³/mol. The van der Waals surface area contributed by atoms with Gasteiger partial charge in [0.2, 0.25) is 0 Å². The van der Waals surface area contributed by atoms with Gasteiger partial charge in [0.15, 0.2) is 0 Å². The monoisotopic (exact) mass is 331 g/mol. The molecule has 7 nitrogen and oxygen atoms in total. The average Bonchev–Trinajstić information content (AvgIpc) is 2.25. The van der Waals surface area contributed by atoms with Gasteiger partial charge in [-0.05, 0) is 41.5 Å². The molecule has 23 heavy (non-hydrogen) atoms. The Labute approximate surface area is 137 Å². The van der Waals surface area contributed by atoms with E-state index in [1.165, 1.54) is 4.90 Å². The van der Waals surface area contributed by atoms with Crippen molar-refractivity contribution in [2.75, 3.05) is 26.3 Å². The lowest BCUT2D eigenvalue weighted by Crippen LogP contribution is -2.66. The third-order valence-electron chi connectivity index (χ3n) is 3.11. The maximum Gasteiger partial charge on any atom is 0.410 e. The molecule has 0 atom stereocenters. The Morgan fingerprint density at radius 1 is 1.04 bits per heavy atom. The fourth-order valence-corrected chi connectivity index (χ4v) is 2.24. The SMILES string of the molecule is CC(C)(C)OCCOC1(CC(=O)O)CN(C(=O)OC(C)(C)C)C1. The minimum absolute atomic E-state index is 0.151. The molecule has 1 aliphatic rings. The highest BCUT2D eigenvalue weighted by molar-refractivity contribution is 5.72. The Hall–Kier alpha value is -1.34. The highest BCUT2D eigenvalue weighted by Crippen LogP contribution is 2.30. The van der Waals surface area contributed by atoms with Gasteiger partial charge in [-0.1, -0.05) is 0 Å². The summed E-state index contributed by atoms with van der Waals surface area (Å²) in [5.41, 5.74) is -1.71. The first-order valence-corrected chi connectivity index (χ1v) is 7.80. The molecule has 0 spiro atoms. The van der Waals surface area contributed by atoms with E-state index in [-0.39, 0.29) is 31.7 Å². The van der Waals surface area contributed by atoms with Crippen molar-refractivity contribution in [2.24, 2.45) is 0 Å². The second kappa shape index (κ2) is 7.05. The first-order chi connectivity index (χ1) is 10.3. The number of aliphatic carboxylic acids is 1. The Morgan fingerprint density at radius 2 is 1.61 bits per heavy atom. The average molecular weight is 331 g/mol. The number of ether oxygens (including phenoxy) is 3. The summed E-state index contributed by atoms with van der Waals surface area (Å²) in [4.78, 5) is 24.5. The smallest absolute Gasteiger partial charge is 0.410 e. The van der Waals surface area contributed by atoms with Crippen molar-refractivity contribution < 1.29 is 28.9 Å². The number of hydrogen-bond donors (Lipinski definition) is 1. The molecule has 1 rings (SSSR count). The summed E-state index contributed by atoms with van der Waals surface area (Å²) >= 11 is 0. The van der Waals surface area contributed by atoms with Gasteiger partial charge in [0.1, 0.15) is 11.2 Å². The van der Waals surface area contributed by atoms with Crippen molar-refractivity contribution in [2.45, 2.75) is 64.8 Å². The van der Waals surface area contributed by atoms with E-state index >= 15 is 0 Å². The highest BCUT2D eigenvalue weighted by Gasteiger charge is 2.49. The van der Waals surface area contributed by atoms with E-state index in [0.717, 1.165) is 0 Å². The van der Waals surface area contributed by atoms with Gasteiger partial charge in [-0.25, -0.2) is 4.79 Å². The molecule has 1 amide bonds. The fraction of sp³-hybridized carbons (Fsp3) is 0.875. The summed E-state index contributed by atoms with van der Waals surface area (Å²) in [6.45, 7) is 12.3. The number of carboxylic acid groups (broad SMARTS) is 1. The van der Waals surface area contributed by atoms with E-state index in [2.05, 4.69) is 0 Å². The van der Waals surface area contributed by atoms with E-state index in [9.17, 15) is 9.59 Å². The minimum atomic E-state index is -0.953. The van der Waals surface area contributed by atoms with Gasteiger partial charge in [0.05, 0.1) is 38.3 Å². The Kier molecular flexibility index (Phi) is 6.04. The van der Waals surface area contributed by atoms with Crippen molar-refractivity contribution in [3.63, 3.8) is 0 Å². The Balaban J connectivity index is 2.50. The van der Waals surface area contributed by atoms with Crippen LogP contribution in [0.4, 0.5) is 4.79 Å².